The van der Waals surface area contributed by atoms with E-state index in [-0.39, 0.29) is 12.8 Å². The Morgan fingerprint density at radius 1 is 0.625 bits per heavy atom. The summed E-state index contributed by atoms with van der Waals surface area (Å²) in [7, 11) is 0. The highest BCUT2D eigenvalue weighted by Crippen LogP contribution is 2.32. The van der Waals surface area contributed by atoms with Crippen molar-refractivity contribution < 1.29 is 15.0 Å². The quantitative estimate of drug-likeness (QED) is 0.296. The lowest BCUT2D eigenvalue weighted by atomic mass is 9.74. The van der Waals surface area contributed by atoms with E-state index in [0.717, 1.165) is 62.5 Å². The van der Waals surface area contributed by atoms with Crippen LogP contribution in [0.25, 0.3) is 0 Å². The van der Waals surface area contributed by atoms with E-state index in [1.165, 1.54) is 0 Å². The van der Waals surface area contributed by atoms with Gasteiger partial charge in [-0.3, -0.25) is 4.79 Å². The van der Waals surface area contributed by atoms with Crippen molar-refractivity contribution in [1.29, 1.82) is 0 Å². The average molecular weight is 439 g/mol. The minimum atomic E-state index is -1.57. The van der Waals surface area contributed by atoms with Gasteiger partial charge >= 0.3 is 0 Å². The summed E-state index contributed by atoms with van der Waals surface area (Å²) in [6, 6.07) is 19.4. The second-order valence-corrected chi connectivity index (χ2v) is 9.34. The summed E-state index contributed by atoms with van der Waals surface area (Å²) in [5.74, 6) is -0.411. The molecule has 2 aromatic carbocycles. The number of carbonyl (C=O) groups excluding carboxylic acids is 1. The van der Waals surface area contributed by atoms with E-state index in [9.17, 15) is 15.0 Å². The average Bonchev–Trinajstić information content (AvgIpc) is 2.80. The molecule has 0 saturated carbocycles. The van der Waals surface area contributed by atoms with Crippen LogP contribution in [0.15, 0.2) is 60.7 Å². The fraction of sp³-hybridized carbons (Fsp3) is 0.552. The van der Waals surface area contributed by atoms with Crippen LogP contribution in [0.1, 0.15) is 89.2 Å². The maximum Gasteiger partial charge on any atom is 0.196 e. The van der Waals surface area contributed by atoms with E-state index in [1.807, 2.05) is 60.7 Å². The van der Waals surface area contributed by atoms with E-state index in [1.54, 1.807) is 0 Å². The highest BCUT2D eigenvalue weighted by Gasteiger charge is 2.47. The number of aliphatic hydroxyl groups is 2. The van der Waals surface area contributed by atoms with Gasteiger partial charge in [0.2, 0.25) is 0 Å². The molecular weight excluding hydrogens is 396 g/mol. The third kappa shape index (κ3) is 8.18. The molecule has 0 aliphatic heterocycles. The van der Waals surface area contributed by atoms with Crippen molar-refractivity contribution in [3.63, 3.8) is 0 Å². The minimum absolute atomic E-state index is 0.241. The van der Waals surface area contributed by atoms with Crippen LogP contribution < -0.4 is 0 Å². The van der Waals surface area contributed by atoms with Crippen LogP contribution in [0.5, 0.6) is 0 Å². The normalized spacial score (nSPS) is 15.1. The molecule has 0 fully saturated rings. The lowest BCUT2D eigenvalue weighted by Crippen LogP contribution is -2.55. The zero-order chi connectivity index (χ0) is 23.3. The number of ketones is 1. The predicted octanol–water partition coefficient (Wildman–Crippen LogP) is 6.44. The van der Waals surface area contributed by atoms with Crippen molar-refractivity contribution >= 4 is 5.78 Å². The van der Waals surface area contributed by atoms with Crippen molar-refractivity contribution in [1.82, 2.24) is 0 Å². The van der Waals surface area contributed by atoms with Crippen molar-refractivity contribution in [2.75, 3.05) is 0 Å². The maximum absolute atomic E-state index is 13.9. The highest BCUT2D eigenvalue weighted by atomic mass is 16.3. The summed E-state index contributed by atoms with van der Waals surface area (Å²) in [4.78, 5) is 13.9. The van der Waals surface area contributed by atoms with Crippen molar-refractivity contribution in [3.8, 4) is 0 Å². The first-order chi connectivity index (χ1) is 15.4. The molecule has 0 heterocycles. The van der Waals surface area contributed by atoms with Gasteiger partial charge in [0.25, 0.3) is 0 Å². The fourth-order valence-corrected chi connectivity index (χ4v) is 4.55. The van der Waals surface area contributed by atoms with Gasteiger partial charge in [-0.2, -0.15) is 0 Å². The van der Waals surface area contributed by atoms with Gasteiger partial charge in [-0.05, 0) is 24.0 Å². The molecule has 2 N–H and O–H groups in total. The Hall–Kier alpha value is -1.97. The van der Waals surface area contributed by atoms with Crippen LogP contribution in [-0.2, 0) is 17.6 Å². The van der Waals surface area contributed by atoms with Crippen molar-refractivity contribution in [2.45, 2.75) is 102 Å². The second kappa shape index (κ2) is 13.5. The largest absolute Gasteiger partial charge is 0.382 e. The van der Waals surface area contributed by atoms with Crippen LogP contribution in [0.4, 0.5) is 0 Å². The number of hydrogen-bond donors (Lipinski definition) is 2. The molecule has 3 heteroatoms. The molecule has 0 amide bonds. The van der Waals surface area contributed by atoms with E-state index in [4.69, 9.17) is 0 Å². The van der Waals surface area contributed by atoms with Crippen LogP contribution in [0, 0.1) is 0 Å². The Labute approximate surface area is 194 Å². The lowest BCUT2D eigenvalue weighted by molar-refractivity contribution is -0.159. The topological polar surface area (TPSA) is 57.5 Å². The second-order valence-electron chi connectivity index (χ2n) is 9.34. The Morgan fingerprint density at radius 3 is 1.34 bits per heavy atom. The smallest absolute Gasteiger partial charge is 0.196 e. The lowest BCUT2D eigenvalue weighted by Gasteiger charge is -2.36. The van der Waals surface area contributed by atoms with Gasteiger partial charge in [-0.1, -0.05) is 126 Å². The van der Waals surface area contributed by atoms with E-state index >= 15 is 0 Å². The molecule has 0 radical (unpaired) electrons. The molecule has 3 nitrogen and oxygen atoms in total. The third-order valence-electron chi connectivity index (χ3n) is 6.41. The maximum atomic E-state index is 13.9. The van der Waals surface area contributed by atoms with Gasteiger partial charge in [-0.25, -0.2) is 0 Å². The molecule has 0 aliphatic carbocycles. The van der Waals surface area contributed by atoms with Crippen molar-refractivity contribution in [2.24, 2.45) is 0 Å². The molecule has 0 spiro atoms. The molecule has 2 aromatic rings. The van der Waals surface area contributed by atoms with Crippen molar-refractivity contribution in [3.05, 3.63) is 71.8 Å². The first-order valence-corrected chi connectivity index (χ1v) is 12.5. The molecule has 2 atom stereocenters. The van der Waals surface area contributed by atoms with E-state index in [2.05, 4.69) is 13.8 Å². The molecule has 2 unspecified atom stereocenters. The molecule has 0 aromatic heterocycles. The van der Waals surface area contributed by atoms with E-state index in [0.29, 0.717) is 12.8 Å². The Bertz CT molecular complexity index is 708. The molecular formula is C29H42O3. The predicted molar refractivity (Wildman–Crippen MR) is 133 cm³/mol. The van der Waals surface area contributed by atoms with Gasteiger partial charge in [-0.15, -0.1) is 0 Å². The summed E-state index contributed by atoms with van der Waals surface area (Å²) in [6.45, 7) is 4.30. The first-order valence-electron chi connectivity index (χ1n) is 12.5. The van der Waals surface area contributed by atoms with Gasteiger partial charge in [0.1, 0.15) is 11.2 Å². The van der Waals surface area contributed by atoms with Gasteiger partial charge in [0, 0.05) is 12.8 Å². The number of Topliss-reactive ketones (excluding diaryl/α,β-unsaturated/α-hetero) is 1. The summed E-state index contributed by atoms with van der Waals surface area (Å²) in [6.07, 6.45) is 9.13. The van der Waals surface area contributed by atoms with Crippen LogP contribution >= 0.6 is 0 Å². The summed E-state index contributed by atoms with van der Waals surface area (Å²) in [5.41, 5.74) is -1.29. The molecule has 0 bridgehead atoms. The fourth-order valence-electron chi connectivity index (χ4n) is 4.55. The molecule has 176 valence electrons. The summed E-state index contributed by atoms with van der Waals surface area (Å²) >= 11 is 0. The zero-order valence-corrected chi connectivity index (χ0v) is 20.1. The van der Waals surface area contributed by atoms with Crippen LogP contribution in [0.3, 0.4) is 0 Å². The zero-order valence-electron chi connectivity index (χ0n) is 20.1. The van der Waals surface area contributed by atoms with E-state index < -0.39 is 17.0 Å². The minimum Gasteiger partial charge on any atom is -0.382 e. The summed E-state index contributed by atoms with van der Waals surface area (Å²) in [5, 5.41) is 23.5. The number of rotatable bonds is 16. The number of carbonyl (C=O) groups is 1. The van der Waals surface area contributed by atoms with Crippen LogP contribution in [0.2, 0.25) is 0 Å². The number of benzene rings is 2. The van der Waals surface area contributed by atoms with Gasteiger partial charge in [0.05, 0.1) is 0 Å². The molecule has 32 heavy (non-hydrogen) atoms. The Morgan fingerprint density at radius 2 is 1.00 bits per heavy atom. The Balaban J connectivity index is 2.30. The number of unbranched alkanes of at least 4 members (excludes halogenated alkanes) is 6. The first kappa shape index (κ1) is 26.3. The number of hydrogen-bond acceptors (Lipinski definition) is 3. The van der Waals surface area contributed by atoms with Gasteiger partial charge in [0.15, 0.2) is 5.78 Å². The summed E-state index contributed by atoms with van der Waals surface area (Å²) < 4.78 is 0. The molecule has 2 rings (SSSR count). The standard InChI is InChI=1S/C29H42O3/c1-3-5-7-15-21-28(31,23-25-17-11-9-12-18-25)27(30)29(32,22-16-8-6-4-2)24-26-19-13-10-14-20-26/h9-14,17-20,31-32H,3-8,15-16,21-24H2,1-2H3. The monoisotopic (exact) mass is 438 g/mol. The Kier molecular flexibility index (Phi) is 11.1. The third-order valence-corrected chi connectivity index (χ3v) is 6.41. The SMILES string of the molecule is CCCCCCC(O)(Cc1ccccc1)C(=O)C(O)(CCCCCC)Cc1ccccc1. The molecule has 0 aliphatic rings. The molecule has 0 saturated heterocycles. The van der Waals surface area contributed by atoms with Gasteiger partial charge < -0.3 is 10.2 Å². The van der Waals surface area contributed by atoms with Crippen LogP contribution in [-0.4, -0.2) is 27.2 Å². The highest BCUT2D eigenvalue weighted by molar-refractivity contribution is 5.95.